The Kier molecular flexibility index (Phi) is 6.56. The second-order valence-corrected chi connectivity index (χ2v) is 5.17. The lowest BCUT2D eigenvalue weighted by Crippen LogP contribution is -2.33. The summed E-state index contributed by atoms with van der Waals surface area (Å²) in [4.78, 5) is 23.0. The number of hydrogen-bond acceptors (Lipinski definition) is 6. The maximum atomic E-state index is 11.9. The molecule has 0 saturated carbocycles. The fourth-order valence-electron chi connectivity index (χ4n) is 2.18. The summed E-state index contributed by atoms with van der Waals surface area (Å²) >= 11 is 0. The minimum Gasteiger partial charge on any atom is -0.493 e. The summed E-state index contributed by atoms with van der Waals surface area (Å²) in [5.74, 6) is -0.00162. The smallest absolute Gasteiger partial charge is 0.489 e. The molecule has 0 spiro atoms. The van der Waals surface area contributed by atoms with E-state index in [-0.39, 0.29) is 35.0 Å². The number of rotatable bonds is 8. The average Bonchev–Trinajstić information content (AvgIpc) is 2.64. The molecule has 0 heterocycles. The summed E-state index contributed by atoms with van der Waals surface area (Å²) in [6, 6.07) is 12.0. The number of nitrogens with one attached hydrogen (secondary N) is 1. The third-order valence-corrected chi connectivity index (χ3v) is 3.47. The first-order valence-corrected chi connectivity index (χ1v) is 7.51. The molecular weight excluding hydrogens is 325 g/mol. The third kappa shape index (κ3) is 5.07. The zero-order valence-electron chi connectivity index (χ0n) is 13.6. The van der Waals surface area contributed by atoms with Gasteiger partial charge in [0.25, 0.3) is 5.91 Å². The van der Waals surface area contributed by atoms with Crippen LogP contribution in [-0.2, 0) is 11.3 Å². The summed E-state index contributed by atoms with van der Waals surface area (Å²) in [5.41, 5.74) is 0.987. The van der Waals surface area contributed by atoms with Gasteiger partial charge in [-0.05, 0) is 23.2 Å². The number of amides is 1. The molecule has 0 bridgehead atoms. The molecule has 7 nitrogen and oxygen atoms in total. The second-order valence-electron chi connectivity index (χ2n) is 5.17. The van der Waals surface area contributed by atoms with E-state index in [1.54, 1.807) is 0 Å². The van der Waals surface area contributed by atoms with Crippen LogP contribution in [0.15, 0.2) is 42.5 Å². The predicted octanol–water partition coefficient (Wildman–Crippen LogP) is -0.117. The first-order chi connectivity index (χ1) is 12.0. The highest BCUT2D eigenvalue weighted by atomic mass is 16.5. The lowest BCUT2D eigenvalue weighted by Gasteiger charge is -2.14. The molecule has 3 N–H and O–H groups in total. The van der Waals surface area contributed by atoms with Crippen molar-refractivity contribution >= 4 is 24.8 Å². The highest BCUT2D eigenvalue weighted by molar-refractivity contribution is 6.60. The summed E-state index contributed by atoms with van der Waals surface area (Å²) in [7, 11) is -0.455. The Morgan fingerprint density at radius 3 is 2.52 bits per heavy atom. The minimum atomic E-state index is -1.82. The van der Waals surface area contributed by atoms with E-state index in [0.717, 1.165) is 5.56 Å². The lowest BCUT2D eigenvalue weighted by molar-refractivity contribution is -0.123. The fraction of sp³-hybridized carbons (Fsp3) is 0.176. The van der Waals surface area contributed by atoms with E-state index in [0.29, 0.717) is 12.8 Å². The van der Waals surface area contributed by atoms with Crippen LogP contribution in [0.2, 0.25) is 0 Å². The van der Waals surface area contributed by atoms with Gasteiger partial charge < -0.3 is 24.8 Å². The van der Waals surface area contributed by atoms with Crippen molar-refractivity contribution in [3.63, 3.8) is 0 Å². The molecule has 0 radical (unpaired) electrons. The molecule has 0 unspecified atom stereocenters. The van der Waals surface area contributed by atoms with E-state index in [1.807, 2.05) is 30.3 Å². The number of methoxy groups -OCH3 is 1. The zero-order valence-corrected chi connectivity index (χ0v) is 13.6. The number of hydrogen-bond donors (Lipinski definition) is 3. The average molecular weight is 343 g/mol. The first-order valence-electron chi connectivity index (χ1n) is 7.51. The molecule has 0 aliphatic rings. The highest BCUT2D eigenvalue weighted by Crippen LogP contribution is 2.26. The first kappa shape index (κ1) is 18.5. The summed E-state index contributed by atoms with van der Waals surface area (Å²) in [6.45, 7) is 0.0952. The van der Waals surface area contributed by atoms with Crippen LogP contribution in [0.5, 0.6) is 11.5 Å². The minimum absolute atomic E-state index is 0.00673. The van der Waals surface area contributed by atoms with Crippen LogP contribution in [0, 0.1) is 0 Å². The molecule has 2 aromatic rings. The van der Waals surface area contributed by atoms with E-state index in [9.17, 15) is 19.6 Å². The summed E-state index contributed by atoms with van der Waals surface area (Å²) in [5, 5.41) is 21.3. The fourth-order valence-corrected chi connectivity index (χ4v) is 2.18. The standard InChI is InChI=1S/C17H18BNO6/c1-24-15-8-14(18(22)23)13(10-20)7-16(15)25-11-17(21)19-9-12-5-3-2-4-6-12/h2-8,10,22-23H,9,11H2,1H3,(H,19,21). The highest BCUT2D eigenvalue weighted by Gasteiger charge is 2.20. The van der Waals surface area contributed by atoms with Gasteiger partial charge >= 0.3 is 7.12 Å². The van der Waals surface area contributed by atoms with E-state index in [1.165, 1.54) is 19.2 Å². The largest absolute Gasteiger partial charge is 0.493 e. The Labute approximate surface area is 145 Å². The topological polar surface area (TPSA) is 105 Å². The molecule has 0 atom stereocenters. The SMILES string of the molecule is COc1cc(B(O)O)c(C=O)cc1OCC(=O)NCc1ccccc1. The normalized spacial score (nSPS) is 10.0. The lowest BCUT2D eigenvalue weighted by atomic mass is 9.77. The Bertz CT molecular complexity index is 735. The monoisotopic (exact) mass is 343 g/mol. The molecule has 0 aliphatic heterocycles. The summed E-state index contributed by atoms with van der Waals surface area (Å²) < 4.78 is 10.5. The van der Waals surface area contributed by atoms with Crippen LogP contribution in [-0.4, -0.2) is 43.1 Å². The van der Waals surface area contributed by atoms with Crippen molar-refractivity contribution in [1.82, 2.24) is 5.32 Å². The molecule has 0 aliphatic carbocycles. The van der Waals surface area contributed by atoms with Gasteiger partial charge in [-0.1, -0.05) is 30.3 Å². The molecular formula is C17H18BNO6. The number of carbonyl (C=O) groups excluding carboxylic acids is 2. The van der Waals surface area contributed by atoms with Crippen LogP contribution < -0.4 is 20.3 Å². The molecule has 0 fully saturated rings. The van der Waals surface area contributed by atoms with Crippen molar-refractivity contribution in [2.75, 3.05) is 13.7 Å². The van der Waals surface area contributed by atoms with Crippen molar-refractivity contribution in [2.24, 2.45) is 0 Å². The quantitative estimate of drug-likeness (QED) is 0.456. The third-order valence-electron chi connectivity index (χ3n) is 3.47. The molecule has 130 valence electrons. The number of aldehydes is 1. The van der Waals surface area contributed by atoms with Gasteiger partial charge in [0, 0.05) is 12.1 Å². The van der Waals surface area contributed by atoms with Crippen LogP contribution in [0.1, 0.15) is 15.9 Å². The number of ether oxygens (including phenoxy) is 2. The van der Waals surface area contributed by atoms with Crippen LogP contribution in [0.4, 0.5) is 0 Å². The molecule has 2 rings (SSSR count). The van der Waals surface area contributed by atoms with E-state index >= 15 is 0 Å². The van der Waals surface area contributed by atoms with Crippen molar-refractivity contribution in [3.8, 4) is 11.5 Å². The molecule has 0 aromatic heterocycles. The van der Waals surface area contributed by atoms with E-state index < -0.39 is 7.12 Å². The van der Waals surface area contributed by atoms with E-state index in [2.05, 4.69) is 5.32 Å². The predicted molar refractivity (Wildman–Crippen MR) is 92.0 cm³/mol. The van der Waals surface area contributed by atoms with Gasteiger partial charge in [-0.2, -0.15) is 0 Å². The van der Waals surface area contributed by atoms with Crippen molar-refractivity contribution in [3.05, 3.63) is 53.6 Å². The molecule has 25 heavy (non-hydrogen) atoms. The zero-order chi connectivity index (χ0) is 18.2. The van der Waals surface area contributed by atoms with Gasteiger partial charge in [0.1, 0.15) is 6.29 Å². The second kappa shape index (κ2) is 8.86. The number of carbonyl (C=O) groups is 2. The maximum absolute atomic E-state index is 11.9. The van der Waals surface area contributed by atoms with Crippen molar-refractivity contribution in [1.29, 1.82) is 0 Å². The molecule has 2 aromatic carbocycles. The Morgan fingerprint density at radius 2 is 1.92 bits per heavy atom. The molecule has 0 saturated heterocycles. The Hall–Kier alpha value is -2.84. The van der Waals surface area contributed by atoms with Gasteiger partial charge in [-0.3, -0.25) is 9.59 Å². The Morgan fingerprint density at radius 1 is 1.20 bits per heavy atom. The van der Waals surface area contributed by atoms with E-state index in [4.69, 9.17) is 9.47 Å². The van der Waals surface area contributed by atoms with Crippen LogP contribution >= 0.6 is 0 Å². The van der Waals surface area contributed by atoms with Gasteiger partial charge in [0.15, 0.2) is 18.1 Å². The van der Waals surface area contributed by atoms with Crippen molar-refractivity contribution in [2.45, 2.75) is 6.54 Å². The van der Waals surface area contributed by atoms with Crippen LogP contribution in [0.3, 0.4) is 0 Å². The van der Waals surface area contributed by atoms with Gasteiger partial charge in [0.05, 0.1) is 7.11 Å². The van der Waals surface area contributed by atoms with Gasteiger partial charge in [0.2, 0.25) is 0 Å². The van der Waals surface area contributed by atoms with Crippen LogP contribution in [0.25, 0.3) is 0 Å². The summed E-state index contributed by atoms with van der Waals surface area (Å²) in [6.07, 6.45) is 0.469. The molecule has 1 amide bonds. The van der Waals surface area contributed by atoms with Crippen molar-refractivity contribution < 1.29 is 29.1 Å². The van der Waals surface area contributed by atoms with Gasteiger partial charge in [-0.15, -0.1) is 0 Å². The Balaban J connectivity index is 2.01. The number of benzene rings is 2. The van der Waals surface area contributed by atoms with Gasteiger partial charge in [-0.25, -0.2) is 0 Å². The maximum Gasteiger partial charge on any atom is 0.489 e. The molecule has 8 heteroatoms.